The number of nitrogens with one attached hydrogen (secondary N) is 1. The Morgan fingerprint density at radius 2 is 1.50 bits per heavy atom. The van der Waals surface area contributed by atoms with Crippen LogP contribution in [0.15, 0.2) is 60.7 Å². The summed E-state index contributed by atoms with van der Waals surface area (Å²) in [4.78, 5) is 2.25. The summed E-state index contributed by atoms with van der Waals surface area (Å²) in [5.74, 6) is 0. The van der Waals surface area contributed by atoms with Gasteiger partial charge in [0.1, 0.15) is 0 Å². The van der Waals surface area contributed by atoms with E-state index in [1.807, 2.05) is 12.1 Å². The number of hydrogen-bond donors (Lipinski definition) is 2. The van der Waals surface area contributed by atoms with E-state index >= 15 is 0 Å². The fraction of sp³-hybridized carbons (Fsp3) is 0.429. The Hall–Kier alpha value is -1.68. The molecule has 0 fully saturated rings. The van der Waals surface area contributed by atoms with Crippen molar-refractivity contribution in [1.82, 2.24) is 10.2 Å². The number of benzene rings is 2. The molecule has 2 N–H and O–H groups in total. The zero-order valence-corrected chi connectivity index (χ0v) is 14.9. The van der Waals surface area contributed by atoms with Crippen LogP contribution in [0.3, 0.4) is 0 Å². The van der Waals surface area contributed by atoms with Crippen LogP contribution in [0, 0.1) is 0 Å². The van der Waals surface area contributed by atoms with Gasteiger partial charge in [-0.25, -0.2) is 0 Å². The second-order valence-corrected chi connectivity index (χ2v) is 6.20. The lowest BCUT2D eigenvalue weighted by Gasteiger charge is -2.25. The minimum Gasteiger partial charge on any atom is -0.390 e. The molecule has 2 rings (SSSR count). The van der Waals surface area contributed by atoms with Gasteiger partial charge in [-0.3, -0.25) is 0 Å². The van der Waals surface area contributed by atoms with Gasteiger partial charge in [-0.2, -0.15) is 0 Å². The Bertz CT molecular complexity index is 555. The van der Waals surface area contributed by atoms with E-state index in [0.717, 1.165) is 19.5 Å². The van der Waals surface area contributed by atoms with Crippen LogP contribution in [-0.2, 0) is 6.42 Å². The molecule has 0 aliphatic heterocycles. The highest BCUT2D eigenvalue weighted by molar-refractivity contribution is 5.23. The molecule has 2 unspecified atom stereocenters. The summed E-state index contributed by atoms with van der Waals surface area (Å²) >= 11 is 0. The van der Waals surface area contributed by atoms with Crippen molar-refractivity contribution in [3.8, 4) is 0 Å². The van der Waals surface area contributed by atoms with Crippen LogP contribution >= 0.6 is 0 Å². The van der Waals surface area contributed by atoms with E-state index in [1.165, 1.54) is 11.1 Å². The topological polar surface area (TPSA) is 35.5 Å². The number of rotatable bonds is 10. The summed E-state index contributed by atoms with van der Waals surface area (Å²) in [5.41, 5.74) is 2.56. The van der Waals surface area contributed by atoms with Gasteiger partial charge in [0.2, 0.25) is 0 Å². The molecule has 2 aromatic rings. The van der Waals surface area contributed by atoms with Gasteiger partial charge in [0.25, 0.3) is 0 Å². The number of likely N-dealkylation sites (N-methyl/N-ethyl adjacent to an activating group) is 1. The normalized spacial score (nSPS) is 13.8. The van der Waals surface area contributed by atoms with Crippen LogP contribution in [0.5, 0.6) is 0 Å². The molecule has 0 radical (unpaired) electrons. The van der Waals surface area contributed by atoms with Crippen LogP contribution in [-0.4, -0.2) is 42.3 Å². The number of aliphatic hydroxyl groups is 1. The van der Waals surface area contributed by atoms with Gasteiger partial charge in [-0.1, -0.05) is 74.5 Å². The first kappa shape index (κ1) is 18.7. The van der Waals surface area contributed by atoms with E-state index in [4.69, 9.17) is 0 Å². The third-order valence-corrected chi connectivity index (χ3v) is 4.45. The van der Waals surface area contributed by atoms with Crippen LogP contribution in [0.1, 0.15) is 31.0 Å². The maximum Gasteiger partial charge on any atom is 0.0791 e. The first-order valence-electron chi connectivity index (χ1n) is 8.95. The summed E-state index contributed by atoms with van der Waals surface area (Å²) < 4.78 is 0. The maximum atomic E-state index is 10.3. The highest BCUT2D eigenvalue weighted by atomic mass is 16.3. The number of aliphatic hydroxyl groups excluding tert-OH is 1. The molecule has 130 valence electrons. The van der Waals surface area contributed by atoms with E-state index in [0.29, 0.717) is 13.1 Å². The Morgan fingerprint density at radius 1 is 0.917 bits per heavy atom. The van der Waals surface area contributed by atoms with Crippen molar-refractivity contribution in [2.45, 2.75) is 32.4 Å². The predicted molar refractivity (Wildman–Crippen MR) is 101 cm³/mol. The predicted octanol–water partition coefficient (Wildman–Crippen LogP) is 3.26. The van der Waals surface area contributed by atoms with Gasteiger partial charge in [0, 0.05) is 19.1 Å². The molecule has 2 atom stereocenters. The first-order valence-corrected chi connectivity index (χ1v) is 8.95. The van der Waals surface area contributed by atoms with Crippen molar-refractivity contribution in [2.75, 3.05) is 26.2 Å². The summed E-state index contributed by atoms with van der Waals surface area (Å²) in [6, 6.07) is 21.2. The fourth-order valence-corrected chi connectivity index (χ4v) is 2.97. The van der Waals surface area contributed by atoms with Gasteiger partial charge in [-0.15, -0.1) is 0 Å². The van der Waals surface area contributed by atoms with Crippen molar-refractivity contribution in [2.24, 2.45) is 0 Å². The van der Waals surface area contributed by atoms with E-state index in [9.17, 15) is 5.11 Å². The minimum absolute atomic E-state index is 0.208. The molecule has 0 spiro atoms. The molecule has 0 aliphatic carbocycles. The molecule has 24 heavy (non-hydrogen) atoms. The van der Waals surface area contributed by atoms with Crippen molar-refractivity contribution in [1.29, 1.82) is 0 Å². The van der Waals surface area contributed by atoms with Crippen LogP contribution in [0.2, 0.25) is 0 Å². The van der Waals surface area contributed by atoms with E-state index in [-0.39, 0.29) is 12.1 Å². The highest BCUT2D eigenvalue weighted by Crippen LogP contribution is 2.18. The fourth-order valence-electron chi connectivity index (χ4n) is 2.97. The zero-order chi connectivity index (χ0) is 17.2. The Kier molecular flexibility index (Phi) is 7.96. The van der Waals surface area contributed by atoms with Crippen LogP contribution in [0.4, 0.5) is 0 Å². The molecule has 0 heterocycles. The second-order valence-electron chi connectivity index (χ2n) is 6.20. The molecule has 0 saturated carbocycles. The monoisotopic (exact) mass is 326 g/mol. The summed E-state index contributed by atoms with van der Waals surface area (Å²) in [5, 5.41) is 13.9. The lowest BCUT2D eigenvalue weighted by molar-refractivity contribution is 0.114. The SMILES string of the molecule is CCN(CC)CC(O)CNC(Cc1ccccc1)c1ccccc1. The maximum absolute atomic E-state index is 10.3. The lowest BCUT2D eigenvalue weighted by Crippen LogP contribution is -2.39. The molecule has 0 amide bonds. The number of hydrogen-bond acceptors (Lipinski definition) is 3. The van der Waals surface area contributed by atoms with Crippen molar-refractivity contribution >= 4 is 0 Å². The third-order valence-electron chi connectivity index (χ3n) is 4.45. The third kappa shape index (κ3) is 6.08. The average molecular weight is 326 g/mol. The quantitative estimate of drug-likeness (QED) is 0.703. The molecular weight excluding hydrogens is 296 g/mol. The molecule has 0 bridgehead atoms. The van der Waals surface area contributed by atoms with Crippen molar-refractivity contribution in [3.05, 3.63) is 71.8 Å². The Balaban J connectivity index is 1.98. The smallest absolute Gasteiger partial charge is 0.0791 e. The van der Waals surface area contributed by atoms with Gasteiger partial charge >= 0.3 is 0 Å². The molecule has 3 nitrogen and oxygen atoms in total. The van der Waals surface area contributed by atoms with E-state index in [1.54, 1.807) is 0 Å². The molecule has 3 heteroatoms. The van der Waals surface area contributed by atoms with E-state index in [2.05, 4.69) is 72.6 Å². The van der Waals surface area contributed by atoms with Gasteiger partial charge in [-0.05, 0) is 30.6 Å². The van der Waals surface area contributed by atoms with Gasteiger partial charge in [0.05, 0.1) is 6.10 Å². The minimum atomic E-state index is -0.355. The largest absolute Gasteiger partial charge is 0.390 e. The molecule has 0 aliphatic rings. The standard InChI is InChI=1S/C21H30N2O/c1-3-23(4-2)17-20(24)16-22-21(19-13-9-6-10-14-19)15-18-11-7-5-8-12-18/h5-14,20-22,24H,3-4,15-17H2,1-2H3. The first-order chi connectivity index (χ1) is 11.7. The average Bonchev–Trinajstić information content (AvgIpc) is 2.64. The summed E-state index contributed by atoms with van der Waals surface area (Å²) in [6.45, 7) is 7.52. The van der Waals surface area contributed by atoms with Crippen LogP contribution < -0.4 is 5.32 Å². The molecule has 0 aromatic heterocycles. The van der Waals surface area contributed by atoms with Gasteiger partial charge in [0.15, 0.2) is 0 Å². The van der Waals surface area contributed by atoms with E-state index < -0.39 is 0 Å². The van der Waals surface area contributed by atoms with Crippen molar-refractivity contribution in [3.63, 3.8) is 0 Å². The van der Waals surface area contributed by atoms with Crippen molar-refractivity contribution < 1.29 is 5.11 Å². The Labute approximate surface area is 146 Å². The Morgan fingerprint density at radius 3 is 2.08 bits per heavy atom. The molecule has 2 aromatic carbocycles. The second kappa shape index (κ2) is 10.2. The molecular formula is C21H30N2O. The van der Waals surface area contributed by atoms with Gasteiger partial charge < -0.3 is 15.3 Å². The molecule has 0 saturated heterocycles. The highest BCUT2D eigenvalue weighted by Gasteiger charge is 2.15. The number of nitrogens with zero attached hydrogens (tertiary/aromatic N) is 1. The lowest BCUT2D eigenvalue weighted by atomic mass is 9.98. The zero-order valence-electron chi connectivity index (χ0n) is 14.9. The summed E-state index contributed by atoms with van der Waals surface area (Å²) in [6.07, 6.45) is 0.565. The van der Waals surface area contributed by atoms with Crippen LogP contribution in [0.25, 0.3) is 0 Å². The summed E-state index contributed by atoms with van der Waals surface area (Å²) in [7, 11) is 0.